The fourth-order valence-corrected chi connectivity index (χ4v) is 3.31. The molecule has 2 atom stereocenters. The second kappa shape index (κ2) is 5.58. The monoisotopic (exact) mass is 295 g/mol. The lowest BCUT2D eigenvalue weighted by molar-refractivity contribution is -0.145. The van der Waals surface area contributed by atoms with Crippen molar-refractivity contribution in [3.8, 4) is 0 Å². The van der Waals surface area contributed by atoms with Crippen molar-refractivity contribution in [2.24, 2.45) is 0 Å². The van der Waals surface area contributed by atoms with Gasteiger partial charge in [0.15, 0.2) is 0 Å². The summed E-state index contributed by atoms with van der Waals surface area (Å²) in [7, 11) is 0. The number of hydrogen-bond acceptors (Lipinski definition) is 4. The highest BCUT2D eigenvalue weighted by molar-refractivity contribution is 6.32. The molecule has 2 fully saturated rings. The number of nitrogens with zero attached hydrogens (tertiary/aromatic N) is 3. The Morgan fingerprint density at radius 2 is 2.35 bits per heavy atom. The Morgan fingerprint density at radius 1 is 1.50 bits per heavy atom. The molecule has 0 saturated carbocycles. The molecule has 2 saturated heterocycles. The first-order valence-electron chi connectivity index (χ1n) is 6.91. The molecule has 6 heteroatoms. The lowest BCUT2D eigenvalue weighted by atomic mass is 9.98. The van der Waals surface area contributed by atoms with Crippen LogP contribution < -0.4 is 4.90 Å². The number of fused-ring (bicyclic) bond motifs is 1. The van der Waals surface area contributed by atoms with Crippen molar-refractivity contribution in [3.63, 3.8) is 0 Å². The third kappa shape index (κ3) is 2.47. The number of carbonyl (C=O) groups is 1. The maximum Gasteiger partial charge on any atom is 0.219 e. The van der Waals surface area contributed by atoms with E-state index < -0.39 is 0 Å². The number of aromatic nitrogens is 1. The minimum absolute atomic E-state index is 0.0908. The molecule has 0 N–H and O–H groups in total. The summed E-state index contributed by atoms with van der Waals surface area (Å²) in [6.07, 6.45) is 2.76. The van der Waals surface area contributed by atoms with E-state index in [-0.39, 0.29) is 18.1 Å². The number of piperidine rings is 1. The number of amides is 1. The van der Waals surface area contributed by atoms with Gasteiger partial charge in [-0.1, -0.05) is 11.6 Å². The summed E-state index contributed by atoms with van der Waals surface area (Å²) in [5.41, 5.74) is 0. The molecule has 1 amide bonds. The summed E-state index contributed by atoms with van der Waals surface area (Å²) in [5, 5.41) is 0.650. The minimum Gasteiger partial charge on any atom is -0.374 e. The molecular weight excluding hydrogens is 278 g/mol. The SMILES string of the molecule is CC(=O)N1CCOC2CCN(c3ncccc3Cl)CC21. The van der Waals surface area contributed by atoms with Crippen molar-refractivity contribution in [2.45, 2.75) is 25.5 Å². The van der Waals surface area contributed by atoms with E-state index >= 15 is 0 Å². The number of carbonyl (C=O) groups excluding carboxylic acids is 1. The molecule has 2 unspecified atom stereocenters. The summed E-state index contributed by atoms with van der Waals surface area (Å²) >= 11 is 6.22. The number of ether oxygens (including phenoxy) is 1. The first-order valence-corrected chi connectivity index (χ1v) is 7.29. The van der Waals surface area contributed by atoms with E-state index in [0.717, 1.165) is 25.3 Å². The smallest absolute Gasteiger partial charge is 0.219 e. The number of halogens is 1. The highest BCUT2D eigenvalue weighted by atomic mass is 35.5. The van der Waals surface area contributed by atoms with Crippen LogP contribution in [0.4, 0.5) is 5.82 Å². The molecule has 108 valence electrons. The van der Waals surface area contributed by atoms with E-state index in [1.54, 1.807) is 13.1 Å². The summed E-state index contributed by atoms with van der Waals surface area (Å²) in [6, 6.07) is 3.76. The van der Waals surface area contributed by atoms with Gasteiger partial charge in [-0.15, -0.1) is 0 Å². The molecule has 1 aromatic rings. The van der Waals surface area contributed by atoms with E-state index in [4.69, 9.17) is 16.3 Å². The van der Waals surface area contributed by atoms with Gasteiger partial charge in [0.2, 0.25) is 5.91 Å². The van der Waals surface area contributed by atoms with E-state index in [1.807, 2.05) is 17.0 Å². The predicted molar refractivity (Wildman–Crippen MR) is 77.0 cm³/mol. The number of morpholine rings is 1. The molecule has 3 rings (SSSR count). The van der Waals surface area contributed by atoms with E-state index in [2.05, 4.69) is 9.88 Å². The van der Waals surface area contributed by atoms with Gasteiger partial charge in [0.25, 0.3) is 0 Å². The summed E-state index contributed by atoms with van der Waals surface area (Å²) in [4.78, 5) is 20.2. The van der Waals surface area contributed by atoms with Crippen LogP contribution in [0, 0.1) is 0 Å². The Kier molecular flexibility index (Phi) is 3.81. The molecule has 0 spiro atoms. The fraction of sp³-hybridized carbons (Fsp3) is 0.571. The quantitative estimate of drug-likeness (QED) is 0.789. The molecule has 2 aliphatic heterocycles. The van der Waals surface area contributed by atoms with Gasteiger partial charge in [0.1, 0.15) is 5.82 Å². The molecule has 0 aromatic carbocycles. The number of anilines is 1. The average Bonchev–Trinajstić information content (AvgIpc) is 2.46. The van der Waals surface area contributed by atoms with Gasteiger partial charge in [-0.2, -0.15) is 0 Å². The van der Waals surface area contributed by atoms with Gasteiger partial charge in [-0.3, -0.25) is 4.79 Å². The third-order valence-corrected chi connectivity index (χ3v) is 4.32. The van der Waals surface area contributed by atoms with Gasteiger partial charge in [0, 0.05) is 32.8 Å². The minimum atomic E-state index is 0.0908. The zero-order chi connectivity index (χ0) is 14.1. The molecule has 3 heterocycles. The van der Waals surface area contributed by atoms with Crippen molar-refractivity contribution in [1.29, 1.82) is 0 Å². The predicted octanol–water partition coefficient (Wildman–Crippen LogP) is 1.56. The Labute approximate surface area is 123 Å². The van der Waals surface area contributed by atoms with Crippen molar-refractivity contribution < 1.29 is 9.53 Å². The molecule has 0 bridgehead atoms. The van der Waals surface area contributed by atoms with Gasteiger partial charge in [-0.25, -0.2) is 4.98 Å². The standard InChI is InChI=1S/C14H18ClN3O2/c1-10(19)18-7-8-20-13-4-6-17(9-12(13)18)14-11(15)3-2-5-16-14/h2-3,5,12-13H,4,6-9H2,1H3. The first-order chi connectivity index (χ1) is 9.66. The van der Waals surface area contributed by atoms with Crippen LogP contribution in [0.15, 0.2) is 18.3 Å². The van der Waals surface area contributed by atoms with Crippen molar-refractivity contribution >= 4 is 23.3 Å². The maximum atomic E-state index is 11.8. The van der Waals surface area contributed by atoms with Crippen LogP contribution in [-0.2, 0) is 9.53 Å². The van der Waals surface area contributed by atoms with Crippen LogP contribution in [-0.4, -0.2) is 54.2 Å². The molecular formula is C14H18ClN3O2. The number of pyridine rings is 1. The summed E-state index contributed by atoms with van der Waals surface area (Å²) in [6.45, 7) is 4.49. The lowest BCUT2D eigenvalue weighted by Gasteiger charge is -2.47. The van der Waals surface area contributed by atoms with Gasteiger partial charge < -0.3 is 14.5 Å². The topological polar surface area (TPSA) is 45.7 Å². The second-order valence-corrected chi connectivity index (χ2v) is 5.64. The van der Waals surface area contributed by atoms with E-state index in [1.165, 1.54) is 0 Å². The van der Waals surface area contributed by atoms with Crippen LogP contribution in [0.5, 0.6) is 0 Å². The van der Waals surface area contributed by atoms with Crippen LogP contribution >= 0.6 is 11.6 Å². The Bertz CT molecular complexity index is 511. The summed E-state index contributed by atoms with van der Waals surface area (Å²) < 4.78 is 5.80. The molecule has 2 aliphatic rings. The fourth-order valence-electron chi connectivity index (χ4n) is 3.07. The molecule has 0 radical (unpaired) electrons. The average molecular weight is 296 g/mol. The molecule has 5 nitrogen and oxygen atoms in total. The highest BCUT2D eigenvalue weighted by Crippen LogP contribution is 2.29. The van der Waals surface area contributed by atoms with E-state index in [0.29, 0.717) is 18.2 Å². The first kappa shape index (κ1) is 13.6. The largest absolute Gasteiger partial charge is 0.374 e. The molecule has 0 aliphatic carbocycles. The van der Waals surface area contributed by atoms with Crippen molar-refractivity contribution in [1.82, 2.24) is 9.88 Å². The zero-order valence-electron chi connectivity index (χ0n) is 11.5. The van der Waals surface area contributed by atoms with Crippen molar-refractivity contribution in [3.05, 3.63) is 23.4 Å². The van der Waals surface area contributed by atoms with Crippen LogP contribution in [0.25, 0.3) is 0 Å². The lowest BCUT2D eigenvalue weighted by Crippen LogP contribution is -2.61. The Morgan fingerprint density at radius 3 is 3.10 bits per heavy atom. The number of rotatable bonds is 1. The molecule has 20 heavy (non-hydrogen) atoms. The van der Waals surface area contributed by atoms with Gasteiger partial charge in [0.05, 0.1) is 23.8 Å². The normalized spacial score (nSPS) is 26.3. The van der Waals surface area contributed by atoms with E-state index in [9.17, 15) is 4.79 Å². The van der Waals surface area contributed by atoms with Crippen LogP contribution in [0.2, 0.25) is 5.02 Å². The highest BCUT2D eigenvalue weighted by Gasteiger charge is 2.38. The van der Waals surface area contributed by atoms with Crippen LogP contribution in [0.3, 0.4) is 0 Å². The van der Waals surface area contributed by atoms with Gasteiger partial charge >= 0.3 is 0 Å². The van der Waals surface area contributed by atoms with Crippen molar-refractivity contribution in [2.75, 3.05) is 31.1 Å². The van der Waals surface area contributed by atoms with Gasteiger partial charge in [-0.05, 0) is 18.6 Å². The zero-order valence-corrected chi connectivity index (χ0v) is 12.2. The van der Waals surface area contributed by atoms with Crippen LogP contribution in [0.1, 0.15) is 13.3 Å². The Balaban J connectivity index is 1.81. The second-order valence-electron chi connectivity index (χ2n) is 5.23. The maximum absolute atomic E-state index is 11.8. The molecule has 1 aromatic heterocycles. The third-order valence-electron chi connectivity index (χ3n) is 4.03. The Hall–Kier alpha value is -1.33. The summed E-state index contributed by atoms with van der Waals surface area (Å²) in [5.74, 6) is 0.902. The number of hydrogen-bond donors (Lipinski definition) is 0.